The Morgan fingerprint density at radius 3 is 2.47 bits per heavy atom. The molecule has 0 unspecified atom stereocenters. The van der Waals surface area contributed by atoms with Gasteiger partial charge in [-0.3, -0.25) is 19.3 Å². The number of benzene rings is 2. The third kappa shape index (κ3) is 2.72. The molecule has 0 aromatic heterocycles. The molecular weight excluding hydrogens is 376 g/mol. The molecule has 1 saturated carbocycles. The number of hydrogen-bond acceptors (Lipinski definition) is 3. The third-order valence-corrected chi connectivity index (χ3v) is 6.91. The van der Waals surface area contributed by atoms with E-state index in [2.05, 4.69) is 18.3 Å². The minimum absolute atomic E-state index is 0.0981. The van der Waals surface area contributed by atoms with Gasteiger partial charge < -0.3 is 5.32 Å². The largest absolute Gasteiger partial charge is 0.322 e. The molecule has 2 aromatic rings. The molecule has 3 amide bonds. The number of hydrogen-bond donors (Lipinski definition) is 1. The van der Waals surface area contributed by atoms with Gasteiger partial charge in [0.25, 0.3) is 5.91 Å². The third-order valence-electron chi connectivity index (χ3n) is 6.91. The van der Waals surface area contributed by atoms with Crippen LogP contribution in [-0.2, 0) is 16.0 Å². The summed E-state index contributed by atoms with van der Waals surface area (Å²) in [6.45, 7) is 4.10. The standard InChI is InChI=1S/C25H24N2O3/c1-3-15-6-4-5-7-20(15)26-23(28)16-8-10-18(11-9-16)27-24(29)21-17-12-14(2)19(13-17)22(21)25(27)30/h4-12,17,19,21-22H,3,13H2,1-2H3,(H,26,28)/t17-,19-,21-,22+/m1/s1. The van der Waals surface area contributed by atoms with Crippen molar-refractivity contribution in [3.8, 4) is 0 Å². The lowest BCUT2D eigenvalue weighted by atomic mass is 9.82. The molecular formula is C25H24N2O3. The Hall–Kier alpha value is -3.21. The van der Waals surface area contributed by atoms with Crippen LogP contribution in [0.5, 0.6) is 0 Å². The monoisotopic (exact) mass is 400 g/mol. The van der Waals surface area contributed by atoms with Crippen LogP contribution < -0.4 is 10.2 Å². The zero-order valence-corrected chi connectivity index (χ0v) is 17.1. The highest BCUT2D eigenvalue weighted by atomic mass is 16.2. The number of amides is 3. The highest BCUT2D eigenvalue weighted by Gasteiger charge is 2.60. The van der Waals surface area contributed by atoms with Crippen LogP contribution in [0.25, 0.3) is 0 Å². The van der Waals surface area contributed by atoms with E-state index in [1.807, 2.05) is 31.2 Å². The Labute approximate surface area is 175 Å². The van der Waals surface area contributed by atoms with Crippen LogP contribution in [0.3, 0.4) is 0 Å². The molecule has 2 aromatic carbocycles. The van der Waals surface area contributed by atoms with Crippen LogP contribution in [-0.4, -0.2) is 17.7 Å². The van der Waals surface area contributed by atoms with E-state index in [9.17, 15) is 14.4 Å². The summed E-state index contributed by atoms with van der Waals surface area (Å²) in [5.41, 5.74) is 4.14. The fraction of sp³-hybridized carbons (Fsp3) is 0.320. The van der Waals surface area contributed by atoms with E-state index in [-0.39, 0.29) is 41.4 Å². The Morgan fingerprint density at radius 2 is 1.73 bits per heavy atom. The van der Waals surface area contributed by atoms with Crippen molar-refractivity contribution >= 4 is 29.1 Å². The van der Waals surface area contributed by atoms with Crippen LogP contribution in [0.1, 0.15) is 36.2 Å². The van der Waals surface area contributed by atoms with Gasteiger partial charge in [0, 0.05) is 11.3 Å². The fourth-order valence-corrected chi connectivity index (χ4v) is 5.44. The smallest absolute Gasteiger partial charge is 0.255 e. The van der Waals surface area contributed by atoms with Gasteiger partial charge in [0.05, 0.1) is 17.5 Å². The van der Waals surface area contributed by atoms with Gasteiger partial charge in [-0.15, -0.1) is 0 Å². The molecule has 5 heteroatoms. The molecule has 3 aliphatic rings. The number of fused-ring (bicyclic) bond motifs is 5. The van der Waals surface area contributed by atoms with Gasteiger partial charge in [-0.1, -0.05) is 36.8 Å². The molecule has 30 heavy (non-hydrogen) atoms. The van der Waals surface area contributed by atoms with Crippen molar-refractivity contribution in [2.24, 2.45) is 23.7 Å². The van der Waals surface area contributed by atoms with E-state index >= 15 is 0 Å². The van der Waals surface area contributed by atoms with E-state index in [1.54, 1.807) is 24.3 Å². The molecule has 152 valence electrons. The second-order valence-electron chi connectivity index (χ2n) is 8.49. The summed E-state index contributed by atoms with van der Waals surface area (Å²) in [7, 11) is 0. The van der Waals surface area contributed by atoms with E-state index in [1.165, 1.54) is 10.5 Å². The van der Waals surface area contributed by atoms with Gasteiger partial charge in [0.2, 0.25) is 11.8 Å². The maximum Gasteiger partial charge on any atom is 0.255 e. The minimum Gasteiger partial charge on any atom is -0.322 e. The summed E-state index contributed by atoms with van der Waals surface area (Å²) in [4.78, 5) is 40.1. The molecule has 4 atom stereocenters. The van der Waals surface area contributed by atoms with Crippen molar-refractivity contribution in [1.29, 1.82) is 0 Å². The first-order valence-corrected chi connectivity index (χ1v) is 10.5. The van der Waals surface area contributed by atoms with Crippen molar-refractivity contribution in [1.82, 2.24) is 0 Å². The summed E-state index contributed by atoms with van der Waals surface area (Å²) in [6.07, 6.45) is 3.92. The number of nitrogens with zero attached hydrogens (tertiary/aromatic N) is 1. The lowest BCUT2D eigenvalue weighted by molar-refractivity contribution is -0.123. The Kier molecular flexibility index (Phi) is 4.35. The SMILES string of the molecule is CCc1ccccc1NC(=O)c1ccc(N2C(=O)[C@@H]3[C@H](C2=O)[C@@H]2C=C(C)[C@H]3C2)cc1. The van der Waals surface area contributed by atoms with Crippen LogP contribution in [0.4, 0.5) is 11.4 Å². The predicted molar refractivity (Wildman–Crippen MR) is 115 cm³/mol. The number of allylic oxidation sites excluding steroid dienone is 2. The van der Waals surface area contributed by atoms with E-state index < -0.39 is 0 Å². The first-order valence-electron chi connectivity index (χ1n) is 10.5. The maximum atomic E-state index is 13.1. The zero-order valence-electron chi connectivity index (χ0n) is 17.1. The molecule has 1 heterocycles. The van der Waals surface area contributed by atoms with Crippen molar-refractivity contribution in [3.63, 3.8) is 0 Å². The molecule has 2 bridgehead atoms. The van der Waals surface area contributed by atoms with Crippen molar-refractivity contribution in [2.75, 3.05) is 10.2 Å². The number of nitrogens with one attached hydrogen (secondary N) is 1. The summed E-state index contributed by atoms with van der Waals surface area (Å²) in [5, 5.41) is 2.95. The van der Waals surface area contributed by atoms with Gasteiger partial charge in [0.15, 0.2) is 0 Å². The normalized spacial score (nSPS) is 26.7. The van der Waals surface area contributed by atoms with Gasteiger partial charge in [0.1, 0.15) is 0 Å². The number of aryl methyl sites for hydroxylation is 1. The minimum atomic E-state index is -0.222. The van der Waals surface area contributed by atoms with Crippen LogP contribution in [0, 0.1) is 23.7 Å². The number of anilines is 2. The molecule has 1 aliphatic heterocycles. The number of rotatable bonds is 4. The van der Waals surface area contributed by atoms with E-state index in [4.69, 9.17) is 0 Å². The fourth-order valence-electron chi connectivity index (χ4n) is 5.44. The molecule has 5 rings (SSSR count). The maximum absolute atomic E-state index is 13.1. The predicted octanol–water partition coefficient (Wildman–Crippen LogP) is 4.20. The first kappa shape index (κ1) is 18.8. The second-order valence-corrected chi connectivity index (χ2v) is 8.49. The average molecular weight is 400 g/mol. The number of carbonyl (C=O) groups is 3. The average Bonchev–Trinajstić information content (AvgIpc) is 3.39. The summed E-state index contributed by atoms with van der Waals surface area (Å²) < 4.78 is 0. The number of imide groups is 1. The Morgan fingerprint density at radius 1 is 1.03 bits per heavy atom. The topological polar surface area (TPSA) is 66.5 Å². The number of para-hydroxylation sites is 1. The Balaban J connectivity index is 1.35. The van der Waals surface area contributed by atoms with Gasteiger partial charge in [-0.05, 0) is 67.5 Å². The molecule has 0 radical (unpaired) electrons. The highest BCUT2D eigenvalue weighted by Crippen LogP contribution is 2.55. The number of carbonyl (C=O) groups excluding carboxylic acids is 3. The molecule has 1 N–H and O–H groups in total. The van der Waals surface area contributed by atoms with Gasteiger partial charge in [-0.2, -0.15) is 0 Å². The second kappa shape index (κ2) is 6.94. The van der Waals surface area contributed by atoms with Crippen molar-refractivity contribution in [2.45, 2.75) is 26.7 Å². The summed E-state index contributed by atoms with van der Waals surface area (Å²) in [5.74, 6) is -0.471. The lowest BCUT2D eigenvalue weighted by Crippen LogP contribution is -2.33. The van der Waals surface area contributed by atoms with Crippen LogP contribution in [0.2, 0.25) is 0 Å². The molecule has 2 fully saturated rings. The van der Waals surface area contributed by atoms with Gasteiger partial charge >= 0.3 is 0 Å². The molecule has 1 saturated heterocycles. The van der Waals surface area contributed by atoms with E-state index in [0.29, 0.717) is 11.3 Å². The highest BCUT2D eigenvalue weighted by molar-refractivity contribution is 6.23. The molecule has 2 aliphatic carbocycles. The van der Waals surface area contributed by atoms with Crippen LogP contribution >= 0.6 is 0 Å². The summed E-state index contributed by atoms with van der Waals surface area (Å²) in [6, 6.07) is 14.5. The zero-order chi connectivity index (χ0) is 21.0. The lowest BCUT2D eigenvalue weighted by Gasteiger charge is -2.19. The molecule has 5 nitrogen and oxygen atoms in total. The van der Waals surface area contributed by atoms with E-state index in [0.717, 1.165) is 24.1 Å². The van der Waals surface area contributed by atoms with Gasteiger partial charge in [-0.25, -0.2) is 0 Å². The van der Waals surface area contributed by atoms with Crippen molar-refractivity contribution < 1.29 is 14.4 Å². The molecule has 0 spiro atoms. The first-order chi connectivity index (χ1) is 14.5. The quantitative estimate of drug-likeness (QED) is 0.618. The van der Waals surface area contributed by atoms with Crippen LogP contribution in [0.15, 0.2) is 60.2 Å². The summed E-state index contributed by atoms with van der Waals surface area (Å²) >= 11 is 0. The van der Waals surface area contributed by atoms with Crippen molar-refractivity contribution in [3.05, 3.63) is 71.3 Å². The Bertz CT molecular complexity index is 1090.